The van der Waals surface area contributed by atoms with Crippen LogP contribution >= 0.6 is 72.3 Å². The van der Waals surface area contributed by atoms with Crippen LogP contribution in [-0.4, -0.2) is 20.7 Å². The highest BCUT2D eigenvalue weighted by Crippen LogP contribution is 2.47. The zero-order valence-electron chi connectivity index (χ0n) is 8.67. The van der Waals surface area contributed by atoms with Crippen LogP contribution in [0.4, 0.5) is 0 Å². The van der Waals surface area contributed by atoms with Crippen molar-refractivity contribution in [1.82, 2.24) is 0 Å². The lowest BCUT2D eigenvalue weighted by molar-refractivity contribution is 0.862. The summed E-state index contributed by atoms with van der Waals surface area (Å²) in [5, 5.41) is 4.54. The first kappa shape index (κ1) is 14.0. The lowest BCUT2D eigenvalue weighted by Crippen LogP contribution is -1.99. The highest BCUT2D eigenvalue weighted by molar-refractivity contribution is 8.23. The smallest absolute Gasteiger partial charge is 0.0589 e. The second-order valence-electron chi connectivity index (χ2n) is 3.43. The molecule has 0 bridgehead atoms. The summed E-state index contributed by atoms with van der Waals surface area (Å²) in [4.78, 5) is 2.86. The van der Waals surface area contributed by atoms with Crippen molar-refractivity contribution in [2.45, 2.75) is 22.0 Å². The summed E-state index contributed by atoms with van der Waals surface area (Å²) >= 11 is 16.5. The molecule has 0 saturated heterocycles. The molecule has 6 heteroatoms. The second-order valence-corrected chi connectivity index (χ2v) is 9.47. The lowest BCUT2D eigenvalue weighted by Gasteiger charge is -2.12. The van der Waals surface area contributed by atoms with Crippen LogP contribution in [0.3, 0.4) is 0 Å². The summed E-state index contributed by atoms with van der Waals surface area (Å²) in [6, 6.07) is 0. The Kier molecular flexibility index (Phi) is 6.33. The standard InChI is InChI=1S/C10H14S6/c11-3-7-5-13-9(15-7)1-2-10-14-6-8(4-12)16-10/h5-6,9-12H,1-4H2. The monoisotopic (exact) mass is 326 g/mol. The van der Waals surface area contributed by atoms with Crippen molar-refractivity contribution in [3.63, 3.8) is 0 Å². The molecule has 0 fully saturated rings. The molecular formula is C10H14S6. The molecule has 90 valence electrons. The first-order valence-corrected chi connectivity index (χ1v) is 9.97. The van der Waals surface area contributed by atoms with E-state index in [1.54, 1.807) is 0 Å². The average molecular weight is 327 g/mol. The minimum atomic E-state index is 0.725. The Labute approximate surface area is 125 Å². The number of hydrogen-bond acceptors (Lipinski definition) is 6. The molecular weight excluding hydrogens is 313 g/mol. The van der Waals surface area contributed by atoms with Crippen molar-refractivity contribution in [3.8, 4) is 0 Å². The Balaban J connectivity index is 1.63. The molecule has 2 rings (SSSR count). The van der Waals surface area contributed by atoms with Gasteiger partial charge in [0.15, 0.2) is 0 Å². The molecule has 16 heavy (non-hydrogen) atoms. The van der Waals surface area contributed by atoms with Crippen molar-refractivity contribution in [2.24, 2.45) is 0 Å². The number of hydrogen-bond donors (Lipinski definition) is 2. The van der Waals surface area contributed by atoms with Crippen molar-refractivity contribution in [1.29, 1.82) is 0 Å². The largest absolute Gasteiger partial charge is 0.174 e. The highest BCUT2D eigenvalue weighted by atomic mass is 32.2. The zero-order chi connectivity index (χ0) is 11.4. The topological polar surface area (TPSA) is 0 Å². The zero-order valence-corrected chi connectivity index (χ0v) is 13.7. The normalized spacial score (nSPS) is 29.4. The Bertz CT molecular complexity index is 268. The molecule has 0 aromatic heterocycles. The second kappa shape index (κ2) is 7.24. The molecule has 0 saturated carbocycles. The Morgan fingerprint density at radius 1 is 0.875 bits per heavy atom. The summed E-state index contributed by atoms with van der Waals surface area (Å²) in [5.74, 6) is 1.79. The number of rotatable bonds is 5. The Hall–Kier alpha value is 1.58. The fourth-order valence-corrected chi connectivity index (χ4v) is 7.25. The summed E-state index contributed by atoms with van der Waals surface area (Å²) in [6.07, 6.45) is 2.59. The van der Waals surface area contributed by atoms with E-state index in [0.29, 0.717) is 0 Å². The van der Waals surface area contributed by atoms with E-state index in [9.17, 15) is 0 Å². The molecule has 0 spiro atoms. The van der Waals surface area contributed by atoms with Gasteiger partial charge in [0.1, 0.15) is 0 Å². The highest BCUT2D eigenvalue weighted by Gasteiger charge is 2.22. The third kappa shape index (κ3) is 4.05. The van der Waals surface area contributed by atoms with Gasteiger partial charge in [-0.3, -0.25) is 0 Å². The SMILES string of the molecule is SCC1=CSC(CCC2SC=C(CS)S2)S1. The molecule has 0 aromatic rings. The first-order chi connectivity index (χ1) is 7.81. The first-order valence-electron chi connectivity index (χ1n) is 5.06. The molecule has 2 unspecified atom stereocenters. The average Bonchev–Trinajstić information content (AvgIpc) is 2.95. The fraction of sp³-hybridized carbons (Fsp3) is 0.600. The van der Waals surface area contributed by atoms with Crippen LogP contribution in [0.1, 0.15) is 12.8 Å². The maximum absolute atomic E-state index is 4.31. The lowest BCUT2D eigenvalue weighted by atomic mass is 10.4. The van der Waals surface area contributed by atoms with Crippen LogP contribution < -0.4 is 0 Å². The molecule has 0 amide bonds. The van der Waals surface area contributed by atoms with Gasteiger partial charge in [-0.15, -0.1) is 47.0 Å². The molecule has 2 aliphatic heterocycles. The van der Waals surface area contributed by atoms with E-state index < -0.39 is 0 Å². The van der Waals surface area contributed by atoms with Gasteiger partial charge in [0, 0.05) is 21.3 Å². The van der Waals surface area contributed by atoms with Crippen molar-refractivity contribution in [2.75, 3.05) is 11.5 Å². The van der Waals surface area contributed by atoms with Crippen molar-refractivity contribution >= 4 is 72.3 Å². The maximum atomic E-state index is 4.31. The molecule has 0 aromatic carbocycles. The van der Waals surface area contributed by atoms with Crippen LogP contribution in [0.2, 0.25) is 0 Å². The Morgan fingerprint density at radius 3 is 1.62 bits per heavy atom. The summed E-state index contributed by atoms with van der Waals surface area (Å²) in [7, 11) is 0. The van der Waals surface area contributed by atoms with E-state index in [4.69, 9.17) is 0 Å². The van der Waals surface area contributed by atoms with Gasteiger partial charge >= 0.3 is 0 Å². The van der Waals surface area contributed by atoms with Gasteiger partial charge in [-0.05, 0) is 23.7 Å². The third-order valence-corrected chi connectivity index (χ3v) is 8.92. The van der Waals surface area contributed by atoms with E-state index in [-0.39, 0.29) is 0 Å². The summed E-state index contributed by atoms with van der Waals surface area (Å²) in [5.41, 5.74) is 0. The Morgan fingerprint density at radius 2 is 1.31 bits per heavy atom. The minimum Gasteiger partial charge on any atom is -0.174 e. The van der Waals surface area contributed by atoms with Gasteiger partial charge < -0.3 is 0 Å². The predicted molar refractivity (Wildman–Crippen MR) is 91.0 cm³/mol. The van der Waals surface area contributed by atoms with Crippen LogP contribution in [0, 0.1) is 0 Å². The van der Waals surface area contributed by atoms with Gasteiger partial charge in [0.25, 0.3) is 0 Å². The number of thioether (sulfide) groups is 4. The van der Waals surface area contributed by atoms with Crippen molar-refractivity contribution < 1.29 is 0 Å². The van der Waals surface area contributed by atoms with E-state index in [0.717, 1.165) is 20.7 Å². The molecule has 0 N–H and O–H groups in total. The predicted octanol–water partition coefficient (Wildman–Crippen LogP) is 4.92. The quantitative estimate of drug-likeness (QED) is 0.688. The molecule has 0 radical (unpaired) electrons. The third-order valence-electron chi connectivity index (χ3n) is 2.22. The van der Waals surface area contributed by atoms with Crippen LogP contribution in [0.15, 0.2) is 20.6 Å². The number of thiol groups is 2. The van der Waals surface area contributed by atoms with Gasteiger partial charge in [-0.1, -0.05) is 0 Å². The summed E-state index contributed by atoms with van der Waals surface area (Å²) < 4.78 is 1.45. The van der Waals surface area contributed by atoms with Crippen LogP contribution in [0.5, 0.6) is 0 Å². The van der Waals surface area contributed by atoms with E-state index >= 15 is 0 Å². The summed E-state index contributed by atoms with van der Waals surface area (Å²) in [6.45, 7) is 0. The van der Waals surface area contributed by atoms with E-state index in [1.165, 1.54) is 22.7 Å². The minimum absolute atomic E-state index is 0.725. The molecule has 2 heterocycles. The molecule has 2 atom stereocenters. The maximum Gasteiger partial charge on any atom is 0.0589 e. The molecule has 2 aliphatic rings. The van der Waals surface area contributed by atoms with Gasteiger partial charge in [0.05, 0.1) is 9.16 Å². The van der Waals surface area contributed by atoms with E-state index in [1.807, 2.05) is 47.0 Å². The molecule has 0 nitrogen and oxygen atoms in total. The fourth-order valence-electron chi connectivity index (χ4n) is 1.43. The molecule has 0 aliphatic carbocycles. The van der Waals surface area contributed by atoms with Gasteiger partial charge in [-0.25, -0.2) is 0 Å². The van der Waals surface area contributed by atoms with Gasteiger partial charge in [0.2, 0.25) is 0 Å². The van der Waals surface area contributed by atoms with E-state index in [2.05, 4.69) is 36.1 Å². The van der Waals surface area contributed by atoms with Crippen LogP contribution in [0.25, 0.3) is 0 Å². The van der Waals surface area contributed by atoms with Crippen molar-refractivity contribution in [3.05, 3.63) is 20.6 Å². The van der Waals surface area contributed by atoms with Gasteiger partial charge in [-0.2, -0.15) is 25.3 Å². The van der Waals surface area contributed by atoms with Crippen LogP contribution in [-0.2, 0) is 0 Å².